The number of rotatable bonds is 5. The molecule has 1 nitrogen and oxygen atoms in total. The van der Waals surface area contributed by atoms with Gasteiger partial charge in [0.1, 0.15) is 0 Å². The average molecular weight is 217 g/mol. The molecule has 0 bridgehead atoms. The number of benzene rings is 1. The number of thioether (sulfide) groups is 1. The molecule has 1 aromatic rings. The lowest BCUT2D eigenvalue weighted by atomic mass is 10.2. The van der Waals surface area contributed by atoms with E-state index in [9.17, 15) is 0 Å². The van der Waals surface area contributed by atoms with E-state index in [-0.39, 0.29) is 6.61 Å². The van der Waals surface area contributed by atoms with Crippen LogP contribution in [0, 0.1) is 0 Å². The number of aliphatic hydroxyl groups is 1. The van der Waals surface area contributed by atoms with Crippen molar-refractivity contribution in [3.8, 4) is 0 Å². The third-order valence-corrected chi connectivity index (χ3v) is 3.02. The largest absolute Gasteiger partial charge is 0.392 e. The third-order valence-electron chi connectivity index (χ3n) is 1.65. The summed E-state index contributed by atoms with van der Waals surface area (Å²) < 4.78 is 0. The average Bonchev–Trinajstić information content (AvgIpc) is 2.19. The Labute approximate surface area is 88.1 Å². The smallest absolute Gasteiger partial charge is 0.0681 e. The summed E-state index contributed by atoms with van der Waals surface area (Å²) in [5.41, 5.74) is 0.960. The van der Waals surface area contributed by atoms with Crippen molar-refractivity contribution in [3.63, 3.8) is 0 Å². The number of alkyl halides is 1. The van der Waals surface area contributed by atoms with Crippen LogP contribution >= 0.6 is 23.4 Å². The summed E-state index contributed by atoms with van der Waals surface area (Å²) in [6.45, 7) is 0.118. The molecule has 0 saturated carbocycles. The Hall–Kier alpha value is -0.180. The van der Waals surface area contributed by atoms with Gasteiger partial charge in [-0.1, -0.05) is 12.1 Å². The summed E-state index contributed by atoms with van der Waals surface area (Å²) >= 11 is 7.37. The van der Waals surface area contributed by atoms with E-state index in [1.807, 2.05) is 24.3 Å². The molecule has 0 aliphatic carbocycles. The molecule has 0 atom stereocenters. The maximum absolute atomic E-state index is 8.82. The molecule has 0 unspecified atom stereocenters. The molecule has 3 heteroatoms. The minimum atomic E-state index is 0.118. The van der Waals surface area contributed by atoms with Gasteiger partial charge in [0.05, 0.1) is 6.61 Å². The highest BCUT2D eigenvalue weighted by Gasteiger charge is 1.94. The van der Waals surface area contributed by atoms with Gasteiger partial charge >= 0.3 is 0 Å². The first-order chi connectivity index (χ1) is 6.36. The van der Waals surface area contributed by atoms with Crippen LogP contribution < -0.4 is 0 Å². The Balaban J connectivity index is 2.40. The van der Waals surface area contributed by atoms with Gasteiger partial charge in [-0.25, -0.2) is 0 Å². The first-order valence-corrected chi connectivity index (χ1v) is 5.77. The van der Waals surface area contributed by atoms with Gasteiger partial charge < -0.3 is 5.11 Å². The van der Waals surface area contributed by atoms with E-state index >= 15 is 0 Å². The van der Waals surface area contributed by atoms with E-state index in [4.69, 9.17) is 16.7 Å². The Kier molecular flexibility index (Phi) is 5.28. The molecule has 72 valence electrons. The lowest BCUT2D eigenvalue weighted by molar-refractivity contribution is 0.282. The van der Waals surface area contributed by atoms with Crippen LogP contribution in [0.4, 0.5) is 0 Å². The lowest BCUT2D eigenvalue weighted by Crippen LogP contribution is -1.83. The van der Waals surface area contributed by atoms with Gasteiger partial charge in [-0.2, -0.15) is 0 Å². The van der Waals surface area contributed by atoms with Gasteiger partial charge in [0.25, 0.3) is 0 Å². The SMILES string of the molecule is OCc1ccc(SCCCCl)cc1. The van der Waals surface area contributed by atoms with Crippen molar-refractivity contribution >= 4 is 23.4 Å². The van der Waals surface area contributed by atoms with Crippen molar-refractivity contribution in [2.75, 3.05) is 11.6 Å². The van der Waals surface area contributed by atoms with E-state index in [2.05, 4.69) is 0 Å². The summed E-state index contributed by atoms with van der Waals surface area (Å²) in [5.74, 6) is 1.78. The molecule has 0 fully saturated rings. The Morgan fingerprint density at radius 3 is 2.46 bits per heavy atom. The summed E-state index contributed by atoms with van der Waals surface area (Å²) in [6, 6.07) is 7.96. The van der Waals surface area contributed by atoms with Gasteiger partial charge in [0.15, 0.2) is 0 Å². The van der Waals surface area contributed by atoms with Crippen LogP contribution in [0.1, 0.15) is 12.0 Å². The summed E-state index contributed by atoms with van der Waals surface area (Å²) in [7, 11) is 0. The molecule has 1 N–H and O–H groups in total. The molecule has 0 spiro atoms. The quantitative estimate of drug-likeness (QED) is 0.464. The van der Waals surface area contributed by atoms with E-state index < -0.39 is 0 Å². The molecule has 0 amide bonds. The Morgan fingerprint density at radius 1 is 1.23 bits per heavy atom. The number of aliphatic hydroxyl groups excluding tert-OH is 1. The standard InChI is InChI=1S/C10H13ClOS/c11-6-1-7-13-10-4-2-9(8-12)3-5-10/h2-5,12H,1,6-8H2. The second kappa shape index (κ2) is 6.30. The normalized spacial score (nSPS) is 10.3. The zero-order valence-corrected chi connectivity index (χ0v) is 8.94. The second-order valence-electron chi connectivity index (χ2n) is 2.69. The first-order valence-electron chi connectivity index (χ1n) is 4.25. The number of halogens is 1. The third kappa shape index (κ3) is 4.03. The van der Waals surface area contributed by atoms with Gasteiger partial charge in [-0.05, 0) is 29.9 Å². The van der Waals surface area contributed by atoms with Crippen molar-refractivity contribution in [1.82, 2.24) is 0 Å². The van der Waals surface area contributed by atoms with Crippen LogP contribution in [0.3, 0.4) is 0 Å². The summed E-state index contributed by atoms with van der Waals surface area (Å²) in [6.07, 6.45) is 1.04. The monoisotopic (exact) mass is 216 g/mol. The molecule has 0 aliphatic heterocycles. The topological polar surface area (TPSA) is 20.2 Å². The van der Waals surface area contributed by atoms with Crippen LogP contribution in [0.25, 0.3) is 0 Å². The maximum Gasteiger partial charge on any atom is 0.0681 e. The minimum Gasteiger partial charge on any atom is -0.392 e. The maximum atomic E-state index is 8.82. The molecular formula is C10H13ClOS. The highest BCUT2D eigenvalue weighted by molar-refractivity contribution is 7.99. The molecular weight excluding hydrogens is 204 g/mol. The van der Waals surface area contributed by atoms with Gasteiger partial charge in [0.2, 0.25) is 0 Å². The van der Waals surface area contributed by atoms with Crippen molar-refractivity contribution < 1.29 is 5.11 Å². The van der Waals surface area contributed by atoms with Crippen molar-refractivity contribution in [3.05, 3.63) is 29.8 Å². The Bertz CT molecular complexity index is 235. The minimum absolute atomic E-state index is 0.118. The van der Waals surface area contributed by atoms with Gasteiger partial charge in [0, 0.05) is 10.8 Å². The highest BCUT2D eigenvalue weighted by Crippen LogP contribution is 2.19. The van der Waals surface area contributed by atoms with Crippen LogP contribution in [0.15, 0.2) is 29.2 Å². The predicted molar refractivity (Wildman–Crippen MR) is 58.4 cm³/mol. The van der Waals surface area contributed by atoms with Crippen LogP contribution in [0.2, 0.25) is 0 Å². The van der Waals surface area contributed by atoms with Crippen LogP contribution in [0.5, 0.6) is 0 Å². The number of hydrogen-bond acceptors (Lipinski definition) is 2. The molecule has 1 aromatic carbocycles. The summed E-state index contributed by atoms with van der Waals surface area (Å²) in [4.78, 5) is 1.24. The number of hydrogen-bond donors (Lipinski definition) is 1. The van der Waals surface area contributed by atoms with E-state index in [1.165, 1.54) is 4.90 Å². The van der Waals surface area contributed by atoms with Crippen molar-refractivity contribution in [1.29, 1.82) is 0 Å². The molecule has 0 aliphatic rings. The fourth-order valence-electron chi connectivity index (χ4n) is 0.936. The highest BCUT2D eigenvalue weighted by atomic mass is 35.5. The van der Waals surface area contributed by atoms with E-state index in [0.717, 1.165) is 23.6 Å². The first kappa shape index (κ1) is 10.9. The zero-order valence-electron chi connectivity index (χ0n) is 7.37. The fourth-order valence-corrected chi connectivity index (χ4v) is 2.08. The second-order valence-corrected chi connectivity index (χ2v) is 4.24. The van der Waals surface area contributed by atoms with E-state index in [0.29, 0.717) is 0 Å². The lowest BCUT2D eigenvalue weighted by Gasteiger charge is -2.00. The fraction of sp³-hybridized carbons (Fsp3) is 0.400. The molecule has 0 aromatic heterocycles. The molecule has 0 radical (unpaired) electrons. The van der Waals surface area contributed by atoms with Gasteiger partial charge in [-0.15, -0.1) is 23.4 Å². The van der Waals surface area contributed by atoms with Crippen LogP contribution in [-0.4, -0.2) is 16.7 Å². The molecule has 1 rings (SSSR count). The van der Waals surface area contributed by atoms with Crippen LogP contribution in [-0.2, 0) is 6.61 Å². The van der Waals surface area contributed by atoms with E-state index in [1.54, 1.807) is 11.8 Å². The predicted octanol–water partition coefficient (Wildman–Crippen LogP) is 2.90. The summed E-state index contributed by atoms with van der Waals surface area (Å²) in [5, 5.41) is 8.82. The molecule has 0 heterocycles. The van der Waals surface area contributed by atoms with Crippen molar-refractivity contribution in [2.45, 2.75) is 17.9 Å². The molecule has 0 saturated heterocycles. The van der Waals surface area contributed by atoms with Gasteiger partial charge in [-0.3, -0.25) is 0 Å². The Morgan fingerprint density at radius 2 is 1.92 bits per heavy atom. The van der Waals surface area contributed by atoms with Crippen molar-refractivity contribution in [2.24, 2.45) is 0 Å². The zero-order chi connectivity index (χ0) is 9.52. The molecule has 13 heavy (non-hydrogen) atoms.